The summed E-state index contributed by atoms with van der Waals surface area (Å²) in [4.78, 5) is 13.1. The molecule has 0 spiro atoms. The number of fused-ring (bicyclic) bond motifs is 1. The van der Waals surface area contributed by atoms with E-state index in [1.54, 1.807) is 7.11 Å². The van der Waals surface area contributed by atoms with Crippen molar-refractivity contribution >= 4 is 6.29 Å². The number of carbonyl (C=O) groups excluding carboxylic acids is 1. The Morgan fingerprint density at radius 2 is 2.31 bits per heavy atom. The molecule has 0 atom stereocenters. The number of rotatable bonds is 3. The molecular formula is C12H16N2O2. The van der Waals surface area contributed by atoms with Crippen LogP contribution in [0.4, 0.5) is 0 Å². The maximum absolute atomic E-state index is 10.9. The molecule has 0 aromatic heterocycles. The SMILES string of the molecule is COc1cc2c(cc1C=O)CN(CN)CC2. The lowest BCUT2D eigenvalue weighted by Gasteiger charge is -2.27. The Hall–Kier alpha value is -1.39. The first kappa shape index (κ1) is 11.1. The summed E-state index contributed by atoms with van der Waals surface area (Å²) in [6.45, 7) is 2.34. The fraction of sp³-hybridized carbons (Fsp3) is 0.417. The van der Waals surface area contributed by atoms with Gasteiger partial charge in [-0.25, -0.2) is 0 Å². The Bertz CT molecular complexity index is 404. The van der Waals surface area contributed by atoms with Crippen LogP contribution in [0.3, 0.4) is 0 Å². The summed E-state index contributed by atoms with van der Waals surface area (Å²) in [5.41, 5.74) is 8.67. The number of carbonyl (C=O) groups is 1. The second-order valence-corrected chi connectivity index (χ2v) is 3.97. The fourth-order valence-corrected chi connectivity index (χ4v) is 2.09. The fourth-order valence-electron chi connectivity index (χ4n) is 2.09. The van der Waals surface area contributed by atoms with Gasteiger partial charge in [-0.1, -0.05) is 0 Å². The highest BCUT2D eigenvalue weighted by molar-refractivity contribution is 5.80. The summed E-state index contributed by atoms with van der Waals surface area (Å²) >= 11 is 0. The lowest BCUT2D eigenvalue weighted by atomic mass is 9.97. The highest BCUT2D eigenvalue weighted by atomic mass is 16.5. The van der Waals surface area contributed by atoms with Gasteiger partial charge in [0.2, 0.25) is 0 Å². The smallest absolute Gasteiger partial charge is 0.153 e. The van der Waals surface area contributed by atoms with E-state index in [0.717, 1.165) is 25.8 Å². The van der Waals surface area contributed by atoms with Crippen molar-refractivity contribution in [1.82, 2.24) is 4.90 Å². The first-order valence-electron chi connectivity index (χ1n) is 5.36. The van der Waals surface area contributed by atoms with Crippen molar-refractivity contribution in [1.29, 1.82) is 0 Å². The lowest BCUT2D eigenvalue weighted by molar-refractivity contribution is 0.112. The van der Waals surface area contributed by atoms with Crippen molar-refractivity contribution in [2.24, 2.45) is 5.73 Å². The molecule has 1 heterocycles. The lowest BCUT2D eigenvalue weighted by Crippen LogP contribution is -2.35. The van der Waals surface area contributed by atoms with Gasteiger partial charge in [-0.3, -0.25) is 9.69 Å². The Morgan fingerprint density at radius 3 is 2.94 bits per heavy atom. The van der Waals surface area contributed by atoms with Crippen molar-refractivity contribution < 1.29 is 9.53 Å². The Morgan fingerprint density at radius 1 is 1.50 bits per heavy atom. The van der Waals surface area contributed by atoms with Gasteiger partial charge in [-0.2, -0.15) is 0 Å². The summed E-state index contributed by atoms with van der Waals surface area (Å²) < 4.78 is 5.19. The summed E-state index contributed by atoms with van der Waals surface area (Å²) in [6.07, 6.45) is 1.79. The van der Waals surface area contributed by atoms with Gasteiger partial charge in [0.15, 0.2) is 6.29 Å². The monoisotopic (exact) mass is 220 g/mol. The molecule has 0 saturated heterocycles. The largest absolute Gasteiger partial charge is 0.496 e. The third-order valence-electron chi connectivity index (χ3n) is 3.03. The zero-order valence-corrected chi connectivity index (χ0v) is 9.40. The summed E-state index contributed by atoms with van der Waals surface area (Å²) in [5.74, 6) is 0.662. The Labute approximate surface area is 95.0 Å². The molecule has 0 fully saturated rings. The minimum absolute atomic E-state index is 0.557. The molecule has 1 aromatic rings. The van der Waals surface area contributed by atoms with Crippen LogP contribution in [0.5, 0.6) is 5.75 Å². The van der Waals surface area contributed by atoms with Crippen LogP contribution < -0.4 is 10.5 Å². The number of ether oxygens (including phenoxy) is 1. The van der Waals surface area contributed by atoms with Crippen molar-refractivity contribution in [3.8, 4) is 5.75 Å². The summed E-state index contributed by atoms with van der Waals surface area (Å²) in [5, 5.41) is 0. The van der Waals surface area contributed by atoms with Crippen molar-refractivity contribution in [3.63, 3.8) is 0 Å². The Kier molecular flexibility index (Phi) is 3.22. The molecule has 0 saturated carbocycles. The van der Waals surface area contributed by atoms with Gasteiger partial charge in [0.1, 0.15) is 5.75 Å². The average molecular weight is 220 g/mol. The number of aldehydes is 1. The molecule has 0 amide bonds. The molecule has 0 unspecified atom stereocenters. The molecule has 86 valence electrons. The number of nitrogens with two attached hydrogens (primary N) is 1. The van der Waals surface area contributed by atoms with E-state index >= 15 is 0 Å². The molecule has 0 bridgehead atoms. The van der Waals surface area contributed by atoms with Crippen LogP contribution in [0.25, 0.3) is 0 Å². The maximum atomic E-state index is 10.9. The maximum Gasteiger partial charge on any atom is 0.153 e. The van der Waals surface area contributed by atoms with Crippen LogP contribution in [0.2, 0.25) is 0 Å². The minimum Gasteiger partial charge on any atom is -0.496 e. The molecule has 2 N–H and O–H groups in total. The van der Waals surface area contributed by atoms with Crippen LogP contribution in [0.15, 0.2) is 12.1 Å². The zero-order valence-electron chi connectivity index (χ0n) is 9.40. The van der Waals surface area contributed by atoms with Gasteiger partial charge in [-0.15, -0.1) is 0 Å². The molecule has 0 aliphatic carbocycles. The molecule has 1 aliphatic rings. The quantitative estimate of drug-likeness (QED) is 0.765. The molecule has 1 aliphatic heterocycles. The van der Waals surface area contributed by atoms with Crippen LogP contribution in [-0.2, 0) is 13.0 Å². The number of benzene rings is 1. The highest BCUT2D eigenvalue weighted by Gasteiger charge is 2.17. The topological polar surface area (TPSA) is 55.6 Å². The predicted octanol–water partition coefficient (Wildman–Crippen LogP) is 0.782. The van der Waals surface area contributed by atoms with Gasteiger partial charge >= 0.3 is 0 Å². The van der Waals surface area contributed by atoms with E-state index in [4.69, 9.17) is 10.5 Å². The van der Waals surface area contributed by atoms with Crippen LogP contribution >= 0.6 is 0 Å². The first-order valence-corrected chi connectivity index (χ1v) is 5.36. The van der Waals surface area contributed by atoms with E-state index in [0.29, 0.717) is 18.0 Å². The van der Waals surface area contributed by atoms with Gasteiger partial charge in [0.25, 0.3) is 0 Å². The van der Waals surface area contributed by atoms with E-state index in [2.05, 4.69) is 4.90 Å². The van der Waals surface area contributed by atoms with Gasteiger partial charge in [0, 0.05) is 19.8 Å². The van der Waals surface area contributed by atoms with Crippen LogP contribution in [0, 0.1) is 0 Å². The van der Waals surface area contributed by atoms with Gasteiger partial charge in [-0.05, 0) is 29.7 Å². The predicted molar refractivity (Wildman–Crippen MR) is 61.5 cm³/mol. The van der Waals surface area contributed by atoms with E-state index in [9.17, 15) is 4.79 Å². The summed E-state index contributed by atoms with van der Waals surface area (Å²) in [7, 11) is 1.59. The number of hydrogen-bond acceptors (Lipinski definition) is 4. The second-order valence-electron chi connectivity index (χ2n) is 3.97. The van der Waals surface area contributed by atoms with Gasteiger partial charge < -0.3 is 10.5 Å². The van der Waals surface area contributed by atoms with Crippen molar-refractivity contribution in [2.75, 3.05) is 20.3 Å². The Balaban J connectivity index is 2.38. The van der Waals surface area contributed by atoms with Gasteiger partial charge in [0.05, 0.1) is 12.7 Å². The highest BCUT2D eigenvalue weighted by Crippen LogP contribution is 2.26. The molecule has 2 rings (SSSR count). The van der Waals surface area contributed by atoms with Crippen molar-refractivity contribution in [2.45, 2.75) is 13.0 Å². The van der Waals surface area contributed by atoms with E-state index < -0.39 is 0 Å². The van der Waals surface area contributed by atoms with E-state index in [1.165, 1.54) is 11.1 Å². The first-order chi connectivity index (χ1) is 7.78. The average Bonchev–Trinajstić information content (AvgIpc) is 2.36. The minimum atomic E-state index is 0.557. The molecule has 4 nitrogen and oxygen atoms in total. The zero-order chi connectivity index (χ0) is 11.5. The molecular weight excluding hydrogens is 204 g/mol. The number of hydrogen-bond donors (Lipinski definition) is 1. The normalized spacial score (nSPS) is 15.6. The molecule has 1 aromatic carbocycles. The second kappa shape index (κ2) is 4.63. The number of methoxy groups -OCH3 is 1. The third-order valence-corrected chi connectivity index (χ3v) is 3.03. The molecule has 4 heteroatoms. The standard InChI is InChI=1S/C12H16N2O2/c1-16-12-5-9-2-3-14(8-13)6-10(9)4-11(12)7-15/h4-5,7H,2-3,6,8,13H2,1H3. The van der Waals surface area contributed by atoms with E-state index in [1.807, 2.05) is 12.1 Å². The summed E-state index contributed by atoms with van der Waals surface area (Å²) in [6, 6.07) is 3.87. The van der Waals surface area contributed by atoms with E-state index in [-0.39, 0.29) is 0 Å². The third kappa shape index (κ3) is 1.94. The van der Waals surface area contributed by atoms with Crippen LogP contribution in [0.1, 0.15) is 21.5 Å². The number of nitrogens with zero attached hydrogens (tertiary/aromatic N) is 1. The molecule has 16 heavy (non-hydrogen) atoms. The van der Waals surface area contributed by atoms with Crippen LogP contribution in [-0.4, -0.2) is 31.5 Å². The molecule has 0 radical (unpaired) electrons. The van der Waals surface area contributed by atoms with Crippen molar-refractivity contribution in [3.05, 3.63) is 28.8 Å².